The lowest BCUT2D eigenvalue weighted by Crippen LogP contribution is -2.38. The number of benzene rings is 2. The smallest absolute Gasteiger partial charge is 0.252 e. The van der Waals surface area contributed by atoms with Crippen LogP contribution in [0.2, 0.25) is 0 Å². The van der Waals surface area contributed by atoms with Crippen molar-refractivity contribution in [3.05, 3.63) is 51.8 Å². The zero-order valence-electron chi connectivity index (χ0n) is 20.1. The molecule has 2 aromatic heterocycles. The van der Waals surface area contributed by atoms with Crippen LogP contribution in [0.4, 0.5) is 0 Å². The van der Waals surface area contributed by atoms with Gasteiger partial charge in [0, 0.05) is 36.7 Å². The second-order valence-electron chi connectivity index (χ2n) is 8.69. The number of methoxy groups -OCH3 is 2. The molecule has 1 atom stereocenters. The molecule has 0 unspecified atom stereocenters. The minimum absolute atomic E-state index is 0.107. The van der Waals surface area contributed by atoms with E-state index in [4.69, 9.17) is 14.2 Å². The largest absolute Gasteiger partial charge is 0.493 e. The highest BCUT2D eigenvalue weighted by Gasteiger charge is 2.33. The minimum Gasteiger partial charge on any atom is -0.493 e. The number of rotatable bonds is 8. The SMILES string of the molecule is COc1cc2cc(CN(C[C@H]3CCCO3)S(=O)(=O)c3c(C)ccc4nsnc34)c(=O)[nH]c2cc1OC. The van der Waals surface area contributed by atoms with Crippen molar-refractivity contribution in [3.63, 3.8) is 0 Å². The van der Waals surface area contributed by atoms with Crippen LogP contribution >= 0.6 is 11.7 Å². The summed E-state index contributed by atoms with van der Waals surface area (Å²) in [5.41, 5.74) is 1.90. The van der Waals surface area contributed by atoms with Gasteiger partial charge in [0.15, 0.2) is 11.5 Å². The van der Waals surface area contributed by atoms with Crippen LogP contribution in [0, 0.1) is 6.92 Å². The van der Waals surface area contributed by atoms with Crippen molar-refractivity contribution in [2.45, 2.75) is 37.3 Å². The van der Waals surface area contributed by atoms with E-state index >= 15 is 0 Å². The van der Waals surface area contributed by atoms with E-state index in [1.807, 2.05) is 0 Å². The fourth-order valence-electron chi connectivity index (χ4n) is 4.53. The Morgan fingerprint density at radius 3 is 2.67 bits per heavy atom. The summed E-state index contributed by atoms with van der Waals surface area (Å²) in [6.45, 7) is 2.31. The third-order valence-corrected chi connectivity index (χ3v) is 8.91. The number of hydrogen-bond donors (Lipinski definition) is 1. The number of nitrogens with zero attached hydrogens (tertiary/aromatic N) is 3. The number of ether oxygens (including phenoxy) is 3. The van der Waals surface area contributed by atoms with Crippen LogP contribution in [0.15, 0.2) is 40.0 Å². The average molecular weight is 531 g/mol. The second-order valence-corrected chi connectivity index (χ2v) is 11.1. The van der Waals surface area contributed by atoms with Crippen LogP contribution in [0.25, 0.3) is 21.9 Å². The second kappa shape index (κ2) is 9.77. The Morgan fingerprint density at radius 2 is 1.94 bits per heavy atom. The number of aromatic amines is 1. The Labute approximate surface area is 212 Å². The van der Waals surface area contributed by atoms with E-state index in [-0.39, 0.29) is 29.6 Å². The molecule has 1 aliphatic rings. The number of nitrogens with one attached hydrogen (secondary N) is 1. The van der Waals surface area contributed by atoms with Gasteiger partial charge in [0.05, 0.1) is 37.6 Å². The fraction of sp³-hybridized carbons (Fsp3) is 0.375. The van der Waals surface area contributed by atoms with Gasteiger partial charge in [0.1, 0.15) is 15.9 Å². The van der Waals surface area contributed by atoms with Gasteiger partial charge in [-0.3, -0.25) is 4.79 Å². The molecule has 4 aromatic rings. The lowest BCUT2D eigenvalue weighted by Gasteiger charge is -2.25. The molecule has 1 saturated heterocycles. The molecule has 5 rings (SSSR count). The van der Waals surface area contributed by atoms with E-state index < -0.39 is 10.0 Å². The van der Waals surface area contributed by atoms with Crippen molar-refractivity contribution < 1.29 is 22.6 Å². The highest BCUT2D eigenvalue weighted by Crippen LogP contribution is 2.32. The van der Waals surface area contributed by atoms with E-state index in [1.54, 1.807) is 37.3 Å². The number of sulfonamides is 1. The Bertz CT molecular complexity index is 1590. The van der Waals surface area contributed by atoms with E-state index in [2.05, 4.69) is 13.7 Å². The summed E-state index contributed by atoms with van der Waals surface area (Å²) < 4.78 is 54.4. The Morgan fingerprint density at radius 1 is 1.17 bits per heavy atom. The number of hydrogen-bond acceptors (Lipinski definition) is 9. The van der Waals surface area contributed by atoms with Gasteiger partial charge in [-0.25, -0.2) is 8.42 Å². The summed E-state index contributed by atoms with van der Waals surface area (Å²) in [6, 6.07) is 8.60. The predicted octanol–water partition coefficient (Wildman–Crippen LogP) is 3.23. The summed E-state index contributed by atoms with van der Waals surface area (Å²) in [7, 11) is -0.999. The third-order valence-electron chi connectivity index (χ3n) is 6.38. The van der Waals surface area contributed by atoms with Gasteiger partial charge in [-0.1, -0.05) is 6.07 Å². The van der Waals surface area contributed by atoms with Gasteiger partial charge in [0.2, 0.25) is 10.0 Å². The molecule has 10 nitrogen and oxygen atoms in total. The van der Waals surface area contributed by atoms with Gasteiger partial charge in [-0.15, -0.1) is 0 Å². The summed E-state index contributed by atoms with van der Waals surface area (Å²) in [5.74, 6) is 0.988. The van der Waals surface area contributed by atoms with E-state index in [0.717, 1.165) is 24.6 Å². The molecule has 0 amide bonds. The number of aryl methyl sites for hydroxylation is 1. The molecule has 1 fully saturated rings. The van der Waals surface area contributed by atoms with Crippen LogP contribution < -0.4 is 15.0 Å². The molecule has 0 radical (unpaired) electrons. The predicted molar refractivity (Wildman–Crippen MR) is 136 cm³/mol. The lowest BCUT2D eigenvalue weighted by atomic mass is 10.1. The van der Waals surface area contributed by atoms with E-state index in [0.29, 0.717) is 51.2 Å². The first-order valence-electron chi connectivity index (χ1n) is 11.4. The lowest BCUT2D eigenvalue weighted by molar-refractivity contribution is 0.0925. The maximum absolute atomic E-state index is 14.1. The first kappa shape index (κ1) is 24.6. The summed E-state index contributed by atoms with van der Waals surface area (Å²) in [6.07, 6.45) is 1.36. The van der Waals surface area contributed by atoms with Crippen molar-refractivity contribution in [3.8, 4) is 11.5 Å². The molecule has 2 aromatic carbocycles. The summed E-state index contributed by atoms with van der Waals surface area (Å²) in [4.78, 5) is 16.0. The molecule has 3 heterocycles. The molecule has 0 bridgehead atoms. The zero-order valence-corrected chi connectivity index (χ0v) is 21.7. The topological polar surface area (TPSA) is 124 Å². The first-order chi connectivity index (χ1) is 17.3. The zero-order chi connectivity index (χ0) is 25.4. The maximum Gasteiger partial charge on any atom is 0.252 e. The van der Waals surface area contributed by atoms with Crippen molar-refractivity contribution in [2.24, 2.45) is 0 Å². The van der Waals surface area contributed by atoms with Gasteiger partial charge >= 0.3 is 0 Å². The van der Waals surface area contributed by atoms with Crippen LogP contribution in [0.5, 0.6) is 11.5 Å². The van der Waals surface area contributed by atoms with Crippen LogP contribution in [-0.2, 0) is 21.3 Å². The van der Waals surface area contributed by atoms with E-state index in [9.17, 15) is 13.2 Å². The molecule has 190 valence electrons. The van der Waals surface area contributed by atoms with Gasteiger partial charge in [-0.2, -0.15) is 13.1 Å². The van der Waals surface area contributed by atoms with Crippen molar-refractivity contribution in [1.82, 2.24) is 18.0 Å². The monoisotopic (exact) mass is 530 g/mol. The van der Waals surface area contributed by atoms with E-state index in [1.165, 1.54) is 18.5 Å². The normalized spacial score (nSPS) is 16.3. The van der Waals surface area contributed by atoms with Crippen molar-refractivity contribution >= 4 is 43.7 Å². The molecule has 36 heavy (non-hydrogen) atoms. The van der Waals surface area contributed by atoms with Gasteiger partial charge < -0.3 is 19.2 Å². The fourth-order valence-corrected chi connectivity index (χ4v) is 6.93. The number of aromatic nitrogens is 3. The highest BCUT2D eigenvalue weighted by molar-refractivity contribution is 7.89. The van der Waals surface area contributed by atoms with Crippen LogP contribution in [0.3, 0.4) is 0 Å². The Kier molecular flexibility index (Phi) is 6.68. The maximum atomic E-state index is 14.1. The number of fused-ring (bicyclic) bond motifs is 2. The molecule has 1 N–H and O–H groups in total. The summed E-state index contributed by atoms with van der Waals surface area (Å²) in [5, 5.41) is 0.693. The highest BCUT2D eigenvalue weighted by atomic mass is 32.2. The van der Waals surface area contributed by atoms with Crippen molar-refractivity contribution in [1.29, 1.82) is 0 Å². The molecule has 0 saturated carbocycles. The standard InChI is InChI=1S/C24H26N4O6S2/c1-14-6-7-18-22(27-35-26-18)23(14)36(30,31)28(13-17-5-4-8-34-17)12-16-9-15-10-20(32-2)21(33-3)11-19(15)25-24(16)29/h6-7,9-11,17H,4-5,8,12-13H2,1-3H3,(H,25,29)/t17-/m1/s1. The first-order valence-corrected chi connectivity index (χ1v) is 13.6. The van der Waals surface area contributed by atoms with Crippen molar-refractivity contribution in [2.75, 3.05) is 27.4 Å². The third kappa shape index (κ3) is 4.45. The molecular weight excluding hydrogens is 504 g/mol. The van der Waals surface area contributed by atoms with Crippen LogP contribution in [-0.4, -0.2) is 59.9 Å². The molecular formula is C24H26N4O6S2. The van der Waals surface area contributed by atoms with Gasteiger partial charge in [-0.05, 0) is 43.5 Å². The quantitative estimate of drug-likeness (QED) is 0.368. The van der Waals surface area contributed by atoms with Gasteiger partial charge in [0.25, 0.3) is 5.56 Å². The van der Waals surface area contributed by atoms with Crippen LogP contribution in [0.1, 0.15) is 24.0 Å². The molecule has 0 spiro atoms. The molecule has 12 heteroatoms. The minimum atomic E-state index is -4.05. The number of H-pyrrole nitrogens is 1. The molecule has 1 aliphatic heterocycles. The average Bonchev–Trinajstić information content (AvgIpc) is 3.55. The Hall–Kier alpha value is -3.06. The molecule has 0 aliphatic carbocycles. The summed E-state index contributed by atoms with van der Waals surface area (Å²) >= 11 is 0.966. The Balaban J connectivity index is 1.60. The number of pyridine rings is 1.